The number of nitrogens with one attached hydrogen (secondary N) is 1. The molecule has 5 rings (SSSR count). The van der Waals surface area contributed by atoms with Crippen molar-refractivity contribution < 1.29 is 24.2 Å². The van der Waals surface area contributed by atoms with Gasteiger partial charge in [-0.15, -0.1) is 0 Å². The van der Waals surface area contributed by atoms with Crippen LogP contribution in [-0.2, 0) is 14.3 Å². The number of nitrogens with zero attached hydrogens (tertiary/aromatic N) is 1. The van der Waals surface area contributed by atoms with E-state index in [1.54, 1.807) is 4.90 Å². The standard InChI is InChI=1S/C26H28N2O5/c1-2-15(11-23(29)28-12-20-21(13-28)24(20)25(30)31)27-26(32)33-14-22-18-9-5-3-7-16(18)17-8-4-6-10-19(17)22/h3-10,15,20-22,24H,2,11-14H2,1H3,(H,27,32)(H,30,31). The molecule has 0 spiro atoms. The van der Waals surface area contributed by atoms with Gasteiger partial charge in [0.05, 0.1) is 5.92 Å². The van der Waals surface area contributed by atoms with Crippen molar-refractivity contribution in [2.45, 2.75) is 31.7 Å². The molecule has 2 aromatic carbocycles. The van der Waals surface area contributed by atoms with E-state index in [1.165, 1.54) is 11.1 Å². The van der Waals surface area contributed by atoms with Crippen molar-refractivity contribution in [3.63, 3.8) is 0 Å². The molecule has 33 heavy (non-hydrogen) atoms. The minimum atomic E-state index is -0.763. The average Bonchev–Trinajstić information content (AvgIpc) is 3.17. The van der Waals surface area contributed by atoms with Gasteiger partial charge in [0.25, 0.3) is 0 Å². The Labute approximate surface area is 192 Å². The number of hydrogen-bond acceptors (Lipinski definition) is 4. The average molecular weight is 449 g/mol. The summed E-state index contributed by atoms with van der Waals surface area (Å²) in [5.74, 6) is -0.945. The molecule has 3 unspecified atom stereocenters. The van der Waals surface area contributed by atoms with Gasteiger partial charge in [0.1, 0.15) is 6.61 Å². The van der Waals surface area contributed by atoms with Crippen LogP contribution in [0, 0.1) is 17.8 Å². The Balaban J connectivity index is 1.14. The molecule has 7 nitrogen and oxygen atoms in total. The Hall–Kier alpha value is -3.35. The number of alkyl carbamates (subject to hydrolysis) is 1. The number of carboxylic acid groups (broad SMARTS) is 1. The lowest BCUT2D eigenvalue weighted by Crippen LogP contribution is -2.41. The lowest BCUT2D eigenvalue weighted by atomic mass is 9.98. The van der Waals surface area contributed by atoms with Crippen LogP contribution in [0.3, 0.4) is 0 Å². The fourth-order valence-electron chi connectivity index (χ4n) is 5.54. The quantitative estimate of drug-likeness (QED) is 0.676. The number of rotatable bonds is 7. The summed E-state index contributed by atoms with van der Waals surface area (Å²) < 4.78 is 5.60. The molecule has 0 bridgehead atoms. The van der Waals surface area contributed by atoms with E-state index in [2.05, 4.69) is 29.6 Å². The molecule has 172 valence electrons. The Morgan fingerprint density at radius 3 is 2.15 bits per heavy atom. The third kappa shape index (κ3) is 3.96. The Morgan fingerprint density at radius 2 is 1.61 bits per heavy atom. The van der Waals surface area contributed by atoms with E-state index in [4.69, 9.17) is 9.84 Å². The van der Waals surface area contributed by atoms with E-state index in [0.717, 1.165) is 11.1 Å². The maximum Gasteiger partial charge on any atom is 0.407 e. The molecule has 1 aliphatic heterocycles. The number of carbonyl (C=O) groups is 3. The van der Waals surface area contributed by atoms with Gasteiger partial charge in [-0.25, -0.2) is 4.79 Å². The van der Waals surface area contributed by atoms with Crippen LogP contribution in [0.1, 0.15) is 36.8 Å². The van der Waals surface area contributed by atoms with Crippen LogP contribution in [0.4, 0.5) is 4.79 Å². The summed E-state index contributed by atoms with van der Waals surface area (Å²) in [6, 6.07) is 16.0. The molecular weight excluding hydrogens is 420 g/mol. The molecule has 1 saturated heterocycles. The number of amides is 2. The zero-order chi connectivity index (χ0) is 23.1. The third-order valence-electron chi connectivity index (χ3n) is 7.41. The van der Waals surface area contributed by atoms with Gasteiger partial charge < -0.3 is 20.1 Å². The third-order valence-corrected chi connectivity index (χ3v) is 7.41. The number of ether oxygens (including phenoxy) is 1. The highest BCUT2D eigenvalue weighted by atomic mass is 16.5. The summed E-state index contributed by atoms with van der Waals surface area (Å²) >= 11 is 0. The van der Waals surface area contributed by atoms with Crippen LogP contribution in [0.25, 0.3) is 11.1 Å². The first kappa shape index (κ1) is 21.5. The second-order valence-electron chi connectivity index (χ2n) is 9.27. The highest BCUT2D eigenvalue weighted by Crippen LogP contribution is 2.51. The summed E-state index contributed by atoms with van der Waals surface area (Å²) in [5, 5.41) is 12.0. The minimum absolute atomic E-state index is 0.0108. The summed E-state index contributed by atoms with van der Waals surface area (Å²) in [6.07, 6.45) is 0.276. The molecule has 1 saturated carbocycles. The number of carbonyl (C=O) groups excluding carboxylic acids is 2. The fraction of sp³-hybridized carbons (Fsp3) is 0.423. The summed E-state index contributed by atoms with van der Waals surface area (Å²) in [7, 11) is 0. The first-order valence-corrected chi connectivity index (χ1v) is 11.6. The van der Waals surface area contributed by atoms with Gasteiger partial charge in [0.2, 0.25) is 5.91 Å². The summed E-state index contributed by atoms with van der Waals surface area (Å²) in [6.45, 7) is 3.16. The first-order chi connectivity index (χ1) is 16.0. The van der Waals surface area contributed by atoms with Crippen LogP contribution in [0.5, 0.6) is 0 Å². The minimum Gasteiger partial charge on any atom is -0.481 e. The predicted molar refractivity (Wildman–Crippen MR) is 122 cm³/mol. The second kappa shape index (κ2) is 8.54. The Bertz CT molecular complexity index is 1040. The molecular formula is C26H28N2O5. The largest absolute Gasteiger partial charge is 0.481 e. The number of likely N-dealkylation sites (tertiary alicyclic amines) is 1. The molecule has 7 heteroatoms. The molecule has 0 aromatic heterocycles. The van der Waals surface area contributed by atoms with Gasteiger partial charge in [0, 0.05) is 31.5 Å². The summed E-state index contributed by atoms with van der Waals surface area (Å²) in [5.41, 5.74) is 4.66. The smallest absolute Gasteiger partial charge is 0.407 e. The predicted octanol–water partition coefficient (Wildman–Crippen LogP) is 3.48. The van der Waals surface area contributed by atoms with E-state index in [9.17, 15) is 14.4 Å². The molecule has 2 amide bonds. The molecule has 0 radical (unpaired) electrons. The van der Waals surface area contributed by atoms with Crippen molar-refractivity contribution in [2.75, 3.05) is 19.7 Å². The zero-order valence-corrected chi connectivity index (χ0v) is 18.6. The van der Waals surface area contributed by atoms with Crippen molar-refractivity contribution in [3.8, 4) is 11.1 Å². The first-order valence-electron chi connectivity index (χ1n) is 11.6. The molecule has 1 heterocycles. The van der Waals surface area contributed by atoms with Crippen LogP contribution in [0.2, 0.25) is 0 Å². The van der Waals surface area contributed by atoms with Crippen molar-refractivity contribution in [1.29, 1.82) is 0 Å². The molecule has 2 aliphatic carbocycles. The van der Waals surface area contributed by atoms with E-state index in [0.29, 0.717) is 19.5 Å². The van der Waals surface area contributed by atoms with Gasteiger partial charge in [-0.3, -0.25) is 9.59 Å². The SMILES string of the molecule is CCC(CC(=O)N1CC2C(C1)C2C(=O)O)NC(=O)OCC1c2ccccc2-c2ccccc21. The van der Waals surface area contributed by atoms with Crippen molar-refractivity contribution in [1.82, 2.24) is 10.2 Å². The van der Waals surface area contributed by atoms with Gasteiger partial charge in [-0.2, -0.15) is 0 Å². The molecule has 3 aliphatic rings. The zero-order valence-electron chi connectivity index (χ0n) is 18.6. The van der Waals surface area contributed by atoms with Crippen LogP contribution in [0.15, 0.2) is 48.5 Å². The number of fused-ring (bicyclic) bond motifs is 4. The maximum atomic E-state index is 12.7. The Morgan fingerprint density at radius 1 is 1.03 bits per heavy atom. The number of hydrogen-bond donors (Lipinski definition) is 2. The van der Waals surface area contributed by atoms with Gasteiger partial charge in [-0.1, -0.05) is 55.5 Å². The van der Waals surface area contributed by atoms with Gasteiger partial charge in [0.15, 0.2) is 0 Å². The highest BCUT2D eigenvalue weighted by Gasteiger charge is 2.60. The highest BCUT2D eigenvalue weighted by molar-refractivity contribution is 5.81. The second-order valence-corrected chi connectivity index (χ2v) is 9.27. The number of benzene rings is 2. The van der Waals surface area contributed by atoms with Gasteiger partial charge in [-0.05, 0) is 40.5 Å². The number of aliphatic carboxylic acids is 1. The number of carboxylic acids is 1. The van der Waals surface area contributed by atoms with Crippen LogP contribution >= 0.6 is 0 Å². The van der Waals surface area contributed by atoms with Crippen LogP contribution in [-0.4, -0.2) is 53.7 Å². The number of piperidine rings is 1. The topological polar surface area (TPSA) is 95.9 Å². The van der Waals surface area contributed by atoms with E-state index in [-0.39, 0.29) is 48.6 Å². The molecule has 2 fully saturated rings. The lowest BCUT2D eigenvalue weighted by Gasteiger charge is -2.23. The van der Waals surface area contributed by atoms with E-state index in [1.807, 2.05) is 31.2 Å². The van der Waals surface area contributed by atoms with Gasteiger partial charge >= 0.3 is 12.1 Å². The van der Waals surface area contributed by atoms with E-state index < -0.39 is 12.1 Å². The fourth-order valence-corrected chi connectivity index (χ4v) is 5.54. The van der Waals surface area contributed by atoms with Crippen molar-refractivity contribution in [2.24, 2.45) is 17.8 Å². The van der Waals surface area contributed by atoms with Crippen molar-refractivity contribution >= 4 is 18.0 Å². The molecule has 2 aromatic rings. The monoisotopic (exact) mass is 448 g/mol. The maximum absolute atomic E-state index is 12.7. The lowest BCUT2D eigenvalue weighted by molar-refractivity contribution is -0.141. The van der Waals surface area contributed by atoms with E-state index >= 15 is 0 Å². The summed E-state index contributed by atoms with van der Waals surface area (Å²) in [4.78, 5) is 38.1. The Kier molecular flexibility index (Phi) is 5.56. The van der Waals surface area contributed by atoms with Crippen LogP contribution < -0.4 is 5.32 Å². The van der Waals surface area contributed by atoms with Crippen molar-refractivity contribution in [3.05, 3.63) is 59.7 Å². The molecule has 2 N–H and O–H groups in total. The molecule has 3 atom stereocenters. The normalized spacial score (nSPS) is 23.3.